The molecule has 2 aromatic rings. The SMILES string of the molecule is CC(C)C(=O)Nc1cc(C(C)NC(=O)c2ccc(OCC(F)(F)C(F)(F)F)nc2)ccn1. The van der Waals surface area contributed by atoms with Crippen LogP contribution in [0.2, 0.25) is 0 Å². The highest BCUT2D eigenvalue weighted by molar-refractivity contribution is 5.94. The molecule has 0 aromatic carbocycles. The maximum Gasteiger partial charge on any atom is 0.456 e. The minimum absolute atomic E-state index is 0.0363. The summed E-state index contributed by atoms with van der Waals surface area (Å²) in [6.45, 7) is 3.22. The number of alkyl halides is 5. The number of rotatable bonds is 8. The smallest absolute Gasteiger partial charge is 0.456 e. The number of hydrogen-bond acceptors (Lipinski definition) is 5. The lowest BCUT2D eigenvalue weighted by Gasteiger charge is -2.19. The van der Waals surface area contributed by atoms with Crippen LogP contribution in [-0.2, 0) is 4.79 Å². The summed E-state index contributed by atoms with van der Waals surface area (Å²) in [6, 6.07) is 4.93. The molecule has 0 aliphatic heterocycles. The Morgan fingerprint density at radius 2 is 1.75 bits per heavy atom. The summed E-state index contributed by atoms with van der Waals surface area (Å²) in [7, 11) is 0. The van der Waals surface area contributed by atoms with Crippen LogP contribution in [0.25, 0.3) is 0 Å². The zero-order valence-electron chi connectivity index (χ0n) is 17.3. The number of halogens is 5. The Bertz CT molecular complexity index is 949. The van der Waals surface area contributed by atoms with Crippen molar-refractivity contribution in [2.75, 3.05) is 11.9 Å². The van der Waals surface area contributed by atoms with Crippen LogP contribution in [0.3, 0.4) is 0 Å². The van der Waals surface area contributed by atoms with Gasteiger partial charge in [0.25, 0.3) is 5.91 Å². The standard InChI is InChI=1S/C20H21F5N4O3/c1-11(2)17(30)29-15-8-13(6-7-26-15)12(3)28-18(31)14-4-5-16(27-9-14)32-10-19(21,22)20(23,24)25/h4-9,11-12H,10H2,1-3H3,(H,28,31)(H,26,29,30). The van der Waals surface area contributed by atoms with Gasteiger partial charge in [-0.05, 0) is 30.7 Å². The van der Waals surface area contributed by atoms with Crippen LogP contribution in [0.4, 0.5) is 27.8 Å². The molecule has 12 heteroatoms. The molecule has 0 aliphatic carbocycles. The number of anilines is 1. The van der Waals surface area contributed by atoms with Gasteiger partial charge in [-0.15, -0.1) is 0 Å². The maximum absolute atomic E-state index is 12.9. The zero-order valence-corrected chi connectivity index (χ0v) is 17.3. The third-order valence-corrected chi connectivity index (χ3v) is 4.22. The molecule has 2 N–H and O–H groups in total. The lowest BCUT2D eigenvalue weighted by Crippen LogP contribution is -2.41. The van der Waals surface area contributed by atoms with Crippen molar-refractivity contribution in [3.8, 4) is 5.88 Å². The molecule has 2 heterocycles. The fraction of sp³-hybridized carbons (Fsp3) is 0.400. The fourth-order valence-electron chi connectivity index (χ4n) is 2.26. The average Bonchev–Trinajstić information content (AvgIpc) is 2.72. The first-order valence-electron chi connectivity index (χ1n) is 9.41. The molecular formula is C20H21F5N4O3. The van der Waals surface area contributed by atoms with Gasteiger partial charge in [0.2, 0.25) is 11.8 Å². The van der Waals surface area contributed by atoms with Gasteiger partial charge in [0.05, 0.1) is 11.6 Å². The predicted molar refractivity (Wildman–Crippen MR) is 104 cm³/mol. The van der Waals surface area contributed by atoms with E-state index >= 15 is 0 Å². The first-order valence-corrected chi connectivity index (χ1v) is 9.41. The topological polar surface area (TPSA) is 93.2 Å². The number of hydrogen-bond donors (Lipinski definition) is 2. The second-order valence-corrected chi connectivity index (χ2v) is 7.19. The number of pyridine rings is 2. The molecule has 174 valence electrons. The number of nitrogens with zero attached hydrogens (tertiary/aromatic N) is 2. The summed E-state index contributed by atoms with van der Waals surface area (Å²) in [5, 5.41) is 5.33. The highest BCUT2D eigenvalue weighted by Gasteiger charge is 2.58. The minimum atomic E-state index is -5.74. The summed E-state index contributed by atoms with van der Waals surface area (Å²) in [5.74, 6) is -6.22. The van der Waals surface area contributed by atoms with Crippen molar-refractivity contribution in [1.29, 1.82) is 0 Å². The summed E-state index contributed by atoms with van der Waals surface area (Å²) < 4.78 is 66.7. The summed E-state index contributed by atoms with van der Waals surface area (Å²) in [5.41, 5.74) is 0.684. The quantitative estimate of drug-likeness (QED) is 0.578. The average molecular weight is 460 g/mol. The monoisotopic (exact) mass is 460 g/mol. The summed E-state index contributed by atoms with van der Waals surface area (Å²) >= 11 is 0. The molecule has 0 aliphatic rings. The Labute approximate surface area is 180 Å². The van der Waals surface area contributed by atoms with E-state index in [4.69, 9.17) is 0 Å². The van der Waals surface area contributed by atoms with E-state index < -0.39 is 36.5 Å². The van der Waals surface area contributed by atoms with Crippen molar-refractivity contribution in [1.82, 2.24) is 15.3 Å². The summed E-state index contributed by atoms with van der Waals surface area (Å²) in [4.78, 5) is 31.8. The fourth-order valence-corrected chi connectivity index (χ4v) is 2.26. The van der Waals surface area contributed by atoms with Crippen LogP contribution in [0.5, 0.6) is 5.88 Å². The Morgan fingerprint density at radius 1 is 1.06 bits per heavy atom. The van der Waals surface area contributed by atoms with Crippen molar-refractivity contribution >= 4 is 17.6 Å². The third kappa shape index (κ3) is 6.59. The van der Waals surface area contributed by atoms with Crippen LogP contribution in [0.1, 0.15) is 42.7 Å². The predicted octanol–water partition coefficient (Wildman–Crippen LogP) is 4.14. The van der Waals surface area contributed by atoms with Crippen molar-refractivity contribution < 1.29 is 36.3 Å². The van der Waals surface area contributed by atoms with Crippen LogP contribution >= 0.6 is 0 Å². The van der Waals surface area contributed by atoms with E-state index in [1.807, 2.05) is 0 Å². The van der Waals surface area contributed by atoms with Gasteiger partial charge in [0, 0.05) is 24.4 Å². The molecule has 0 fully saturated rings. The van der Waals surface area contributed by atoms with E-state index in [0.29, 0.717) is 11.4 Å². The van der Waals surface area contributed by atoms with Gasteiger partial charge in [-0.25, -0.2) is 9.97 Å². The zero-order chi connectivity index (χ0) is 24.1. The Hall–Kier alpha value is -3.31. The van der Waals surface area contributed by atoms with Crippen molar-refractivity contribution in [3.05, 3.63) is 47.8 Å². The van der Waals surface area contributed by atoms with E-state index in [-0.39, 0.29) is 17.4 Å². The molecule has 32 heavy (non-hydrogen) atoms. The first-order chi connectivity index (χ1) is 14.8. The maximum atomic E-state index is 12.9. The van der Waals surface area contributed by atoms with Crippen LogP contribution in [0, 0.1) is 5.92 Å². The third-order valence-electron chi connectivity index (χ3n) is 4.22. The molecule has 1 atom stereocenters. The number of carbonyl (C=O) groups excluding carboxylic acids is 2. The molecule has 0 bridgehead atoms. The van der Waals surface area contributed by atoms with E-state index in [2.05, 4.69) is 25.3 Å². The molecule has 0 saturated heterocycles. The van der Waals surface area contributed by atoms with Gasteiger partial charge in [-0.1, -0.05) is 13.8 Å². The normalized spacial score (nSPS) is 12.9. The van der Waals surface area contributed by atoms with Gasteiger partial charge in [-0.3, -0.25) is 9.59 Å². The molecule has 1 unspecified atom stereocenters. The van der Waals surface area contributed by atoms with Crippen molar-refractivity contribution in [2.24, 2.45) is 5.92 Å². The largest absolute Gasteiger partial charge is 0.471 e. The molecule has 2 amide bonds. The van der Waals surface area contributed by atoms with E-state index in [1.54, 1.807) is 32.9 Å². The number of amides is 2. The second kappa shape index (κ2) is 9.88. The highest BCUT2D eigenvalue weighted by atomic mass is 19.4. The number of carbonyl (C=O) groups is 2. The molecule has 2 rings (SSSR count). The van der Waals surface area contributed by atoms with Gasteiger partial charge in [-0.2, -0.15) is 22.0 Å². The summed E-state index contributed by atoms with van der Waals surface area (Å²) in [6.07, 6.45) is -3.28. The van der Waals surface area contributed by atoms with Gasteiger partial charge in [0.15, 0.2) is 6.61 Å². The molecule has 0 radical (unpaired) electrons. The lowest BCUT2D eigenvalue weighted by molar-refractivity contribution is -0.290. The van der Waals surface area contributed by atoms with Crippen molar-refractivity contribution in [2.45, 2.75) is 38.9 Å². The molecular weight excluding hydrogens is 439 g/mol. The molecule has 7 nitrogen and oxygen atoms in total. The van der Waals surface area contributed by atoms with Gasteiger partial charge < -0.3 is 15.4 Å². The lowest BCUT2D eigenvalue weighted by atomic mass is 10.1. The molecule has 0 saturated carbocycles. The Balaban J connectivity index is 1.98. The molecule has 2 aromatic heterocycles. The minimum Gasteiger partial charge on any atom is -0.471 e. The van der Waals surface area contributed by atoms with Gasteiger partial charge in [0.1, 0.15) is 5.82 Å². The molecule has 0 spiro atoms. The number of ether oxygens (including phenoxy) is 1. The Kier molecular flexibility index (Phi) is 7.70. The first kappa shape index (κ1) is 25.0. The van der Waals surface area contributed by atoms with E-state index in [1.165, 1.54) is 12.3 Å². The highest BCUT2D eigenvalue weighted by Crippen LogP contribution is 2.35. The van der Waals surface area contributed by atoms with Crippen LogP contribution in [-0.4, -0.2) is 40.5 Å². The second-order valence-electron chi connectivity index (χ2n) is 7.19. The van der Waals surface area contributed by atoms with Crippen molar-refractivity contribution in [3.63, 3.8) is 0 Å². The number of nitrogens with one attached hydrogen (secondary N) is 2. The van der Waals surface area contributed by atoms with Gasteiger partial charge >= 0.3 is 12.1 Å². The van der Waals surface area contributed by atoms with E-state index in [9.17, 15) is 31.5 Å². The Morgan fingerprint density at radius 3 is 2.31 bits per heavy atom. The number of aromatic nitrogens is 2. The van der Waals surface area contributed by atoms with Crippen LogP contribution < -0.4 is 15.4 Å². The van der Waals surface area contributed by atoms with Crippen LogP contribution in [0.15, 0.2) is 36.7 Å². The van der Waals surface area contributed by atoms with E-state index in [0.717, 1.165) is 12.3 Å².